The molecule has 4 rings (SSSR count). The van der Waals surface area contributed by atoms with Gasteiger partial charge in [-0.3, -0.25) is 0 Å². The number of piperidine rings is 1. The number of nitrogens with zero attached hydrogens (tertiary/aromatic N) is 1. The Morgan fingerprint density at radius 3 is 2.10 bits per heavy atom. The number of ether oxygens (including phenoxy) is 2. The van der Waals surface area contributed by atoms with Crippen molar-refractivity contribution >= 4 is 19.9 Å². The van der Waals surface area contributed by atoms with Crippen LogP contribution in [0.3, 0.4) is 0 Å². The zero-order chi connectivity index (χ0) is 21.5. The van der Waals surface area contributed by atoms with Crippen LogP contribution >= 0.6 is 0 Å². The SMILES string of the molecule is O=S(=O)(c1ccc2c(c1)OCCO2)C1CCN(S(=O)(=O)c2c(F)cccc2F)CC1. The van der Waals surface area contributed by atoms with Crippen LogP contribution in [0.2, 0.25) is 0 Å². The number of hydrogen-bond donors (Lipinski definition) is 0. The number of hydrogen-bond acceptors (Lipinski definition) is 6. The van der Waals surface area contributed by atoms with E-state index in [2.05, 4.69) is 0 Å². The molecule has 0 atom stereocenters. The molecular formula is C19H19F2NO6S2. The summed E-state index contributed by atoms with van der Waals surface area (Å²) in [5.41, 5.74) is 0. The first-order valence-corrected chi connectivity index (χ1v) is 12.3. The van der Waals surface area contributed by atoms with Crippen LogP contribution in [0.1, 0.15) is 12.8 Å². The van der Waals surface area contributed by atoms with E-state index in [0.717, 1.165) is 22.5 Å². The summed E-state index contributed by atoms with van der Waals surface area (Å²) < 4.78 is 91.1. The van der Waals surface area contributed by atoms with Gasteiger partial charge < -0.3 is 9.47 Å². The van der Waals surface area contributed by atoms with Gasteiger partial charge in [0.15, 0.2) is 26.2 Å². The van der Waals surface area contributed by atoms with Crippen molar-refractivity contribution < 1.29 is 35.1 Å². The monoisotopic (exact) mass is 459 g/mol. The Hall–Kier alpha value is -2.24. The van der Waals surface area contributed by atoms with E-state index in [0.29, 0.717) is 24.7 Å². The van der Waals surface area contributed by atoms with Gasteiger partial charge in [-0.2, -0.15) is 4.31 Å². The Morgan fingerprint density at radius 2 is 1.47 bits per heavy atom. The molecule has 2 aromatic carbocycles. The first-order valence-electron chi connectivity index (χ1n) is 9.29. The molecule has 30 heavy (non-hydrogen) atoms. The molecule has 0 bridgehead atoms. The Bertz CT molecular complexity index is 1160. The van der Waals surface area contributed by atoms with Gasteiger partial charge in [0.25, 0.3) is 0 Å². The molecule has 1 fully saturated rings. The van der Waals surface area contributed by atoms with Crippen LogP contribution in [-0.2, 0) is 19.9 Å². The third-order valence-electron chi connectivity index (χ3n) is 5.20. The fraction of sp³-hybridized carbons (Fsp3) is 0.368. The van der Waals surface area contributed by atoms with Crippen molar-refractivity contribution in [1.82, 2.24) is 4.31 Å². The van der Waals surface area contributed by atoms with Crippen LogP contribution in [-0.4, -0.2) is 52.7 Å². The molecule has 11 heteroatoms. The number of rotatable bonds is 4. The molecule has 2 aliphatic rings. The van der Waals surface area contributed by atoms with Crippen LogP contribution in [0, 0.1) is 11.6 Å². The molecule has 0 saturated carbocycles. The van der Waals surface area contributed by atoms with Crippen molar-refractivity contribution in [2.75, 3.05) is 26.3 Å². The lowest BCUT2D eigenvalue weighted by atomic mass is 10.2. The van der Waals surface area contributed by atoms with Crippen molar-refractivity contribution in [1.29, 1.82) is 0 Å². The molecule has 2 aliphatic heterocycles. The number of sulfonamides is 1. The van der Waals surface area contributed by atoms with Gasteiger partial charge in [0, 0.05) is 19.2 Å². The van der Waals surface area contributed by atoms with Gasteiger partial charge in [0.05, 0.1) is 10.1 Å². The molecule has 2 aromatic rings. The normalized spacial score (nSPS) is 18.3. The minimum absolute atomic E-state index is 0.00603. The standard InChI is InChI=1S/C19H19F2NO6S2/c20-15-2-1-3-16(21)19(15)30(25,26)22-8-6-13(7-9-22)29(23,24)14-4-5-17-18(12-14)28-11-10-27-17/h1-5,12-13H,6-11H2. The summed E-state index contributed by atoms with van der Waals surface area (Å²) in [6.07, 6.45) is 0.0121. The fourth-order valence-corrected chi connectivity index (χ4v) is 6.96. The topological polar surface area (TPSA) is 90.0 Å². The number of sulfone groups is 1. The van der Waals surface area contributed by atoms with E-state index in [1.807, 2.05) is 0 Å². The molecule has 0 aromatic heterocycles. The van der Waals surface area contributed by atoms with Crippen LogP contribution in [0.4, 0.5) is 8.78 Å². The summed E-state index contributed by atoms with van der Waals surface area (Å²) in [4.78, 5) is -0.952. The number of benzene rings is 2. The summed E-state index contributed by atoms with van der Waals surface area (Å²) >= 11 is 0. The van der Waals surface area contributed by atoms with E-state index in [1.54, 1.807) is 0 Å². The van der Waals surface area contributed by atoms with Gasteiger partial charge in [-0.1, -0.05) is 6.07 Å². The predicted molar refractivity (Wildman–Crippen MR) is 103 cm³/mol. The maximum Gasteiger partial charge on any atom is 0.248 e. The highest BCUT2D eigenvalue weighted by Crippen LogP contribution is 2.35. The maximum absolute atomic E-state index is 14.0. The first kappa shape index (κ1) is 21.0. The highest BCUT2D eigenvalue weighted by Gasteiger charge is 2.38. The van der Waals surface area contributed by atoms with Crippen molar-refractivity contribution in [2.45, 2.75) is 27.9 Å². The van der Waals surface area contributed by atoms with Crippen LogP contribution in [0.25, 0.3) is 0 Å². The van der Waals surface area contributed by atoms with Crippen molar-refractivity contribution in [3.63, 3.8) is 0 Å². The lowest BCUT2D eigenvalue weighted by Crippen LogP contribution is -2.42. The zero-order valence-electron chi connectivity index (χ0n) is 15.8. The van der Waals surface area contributed by atoms with E-state index in [4.69, 9.17) is 9.47 Å². The van der Waals surface area contributed by atoms with Crippen molar-refractivity contribution in [3.8, 4) is 11.5 Å². The van der Waals surface area contributed by atoms with E-state index in [-0.39, 0.29) is 30.8 Å². The molecule has 0 aliphatic carbocycles. The highest BCUT2D eigenvalue weighted by molar-refractivity contribution is 7.92. The van der Waals surface area contributed by atoms with E-state index >= 15 is 0 Å². The molecule has 0 amide bonds. The summed E-state index contributed by atoms with van der Waals surface area (Å²) in [5.74, 6) is -1.55. The van der Waals surface area contributed by atoms with Crippen LogP contribution in [0.15, 0.2) is 46.2 Å². The van der Waals surface area contributed by atoms with E-state index in [1.165, 1.54) is 18.2 Å². The largest absolute Gasteiger partial charge is 0.486 e. The van der Waals surface area contributed by atoms with Crippen LogP contribution in [0.5, 0.6) is 11.5 Å². The second-order valence-electron chi connectivity index (χ2n) is 7.00. The second kappa shape index (κ2) is 7.78. The quantitative estimate of drug-likeness (QED) is 0.697. The Kier molecular flexibility index (Phi) is 5.45. The molecule has 0 unspecified atom stereocenters. The Morgan fingerprint density at radius 1 is 0.867 bits per heavy atom. The zero-order valence-corrected chi connectivity index (χ0v) is 17.4. The fourth-order valence-electron chi connectivity index (χ4n) is 3.63. The lowest BCUT2D eigenvalue weighted by Gasteiger charge is -2.31. The predicted octanol–water partition coefficient (Wildman–Crippen LogP) is 2.36. The molecule has 0 spiro atoms. The average Bonchev–Trinajstić information content (AvgIpc) is 2.73. The van der Waals surface area contributed by atoms with Crippen molar-refractivity contribution in [2.24, 2.45) is 0 Å². The summed E-state index contributed by atoms with van der Waals surface area (Å²) in [6, 6.07) is 7.18. The van der Waals surface area contributed by atoms with Crippen LogP contribution < -0.4 is 9.47 Å². The third-order valence-corrected chi connectivity index (χ3v) is 9.41. The maximum atomic E-state index is 14.0. The minimum atomic E-state index is -4.42. The summed E-state index contributed by atoms with van der Waals surface area (Å²) in [6.45, 7) is 0.378. The molecule has 7 nitrogen and oxygen atoms in total. The molecule has 0 N–H and O–H groups in total. The number of halogens is 2. The number of fused-ring (bicyclic) bond motifs is 1. The smallest absolute Gasteiger partial charge is 0.248 e. The molecular weight excluding hydrogens is 440 g/mol. The Labute approximate surface area is 173 Å². The van der Waals surface area contributed by atoms with Gasteiger partial charge in [-0.05, 0) is 37.1 Å². The van der Waals surface area contributed by atoms with Gasteiger partial charge in [-0.25, -0.2) is 25.6 Å². The molecule has 1 saturated heterocycles. The van der Waals surface area contributed by atoms with Crippen molar-refractivity contribution in [3.05, 3.63) is 48.0 Å². The molecule has 0 radical (unpaired) electrons. The second-order valence-corrected chi connectivity index (χ2v) is 11.1. The summed E-state index contributed by atoms with van der Waals surface area (Å²) in [7, 11) is -8.17. The summed E-state index contributed by atoms with van der Waals surface area (Å²) in [5, 5.41) is -0.822. The average molecular weight is 459 g/mol. The highest BCUT2D eigenvalue weighted by atomic mass is 32.2. The molecule has 162 valence electrons. The van der Waals surface area contributed by atoms with E-state index in [9.17, 15) is 25.6 Å². The third kappa shape index (κ3) is 3.65. The van der Waals surface area contributed by atoms with E-state index < -0.39 is 41.6 Å². The van der Waals surface area contributed by atoms with Gasteiger partial charge >= 0.3 is 0 Å². The minimum Gasteiger partial charge on any atom is -0.486 e. The first-order chi connectivity index (χ1) is 14.2. The lowest BCUT2D eigenvalue weighted by molar-refractivity contribution is 0.171. The van der Waals surface area contributed by atoms with Gasteiger partial charge in [-0.15, -0.1) is 0 Å². The Balaban J connectivity index is 1.53. The van der Waals surface area contributed by atoms with Gasteiger partial charge in [0.2, 0.25) is 10.0 Å². The molecule has 2 heterocycles. The van der Waals surface area contributed by atoms with Gasteiger partial charge in [0.1, 0.15) is 24.8 Å².